The Morgan fingerprint density at radius 3 is 2.76 bits per heavy atom. The molecule has 4 heterocycles. The minimum atomic E-state index is -0.177. The molecular formula is C24H21N7O2. The first-order valence-corrected chi connectivity index (χ1v) is 10.5. The van der Waals surface area contributed by atoms with Gasteiger partial charge in [0.1, 0.15) is 23.6 Å². The highest BCUT2D eigenvalue weighted by atomic mass is 16.5. The standard InChI is InChI=1S/C24H21N7O2/c1-2-6-20(32)30-12-11-17(14-30)31-24-21(23(25)27-15-28-24)22(29-31)16-9-10-19(26-13-16)33-18-7-4-3-5-8-18/h3-5,7-10,13,15,17H,11-12,14H2,1H3,(H2,25,27,28)/t17-/m0/s1. The summed E-state index contributed by atoms with van der Waals surface area (Å²) in [5.74, 6) is 6.61. The summed E-state index contributed by atoms with van der Waals surface area (Å²) in [6.07, 6.45) is 3.87. The van der Waals surface area contributed by atoms with E-state index in [0.717, 1.165) is 12.0 Å². The molecule has 1 aromatic carbocycles. The summed E-state index contributed by atoms with van der Waals surface area (Å²) in [5.41, 5.74) is 8.25. The minimum absolute atomic E-state index is 0.0354. The van der Waals surface area contributed by atoms with Crippen LogP contribution < -0.4 is 10.5 Å². The van der Waals surface area contributed by atoms with E-state index in [4.69, 9.17) is 15.6 Å². The molecule has 4 aromatic rings. The summed E-state index contributed by atoms with van der Waals surface area (Å²) >= 11 is 0. The number of fused-ring (bicyclic) bond motifs is 1. The topological polar surface area (TPSA) is 112 Å². The van der Waals surface area contributed by atoms with Crippen LogP contribution in [0, 0.1) is 11.8 Å². The largest absolute Gasteiger partial charge is 0.439 e. The molecule has 1 aliphatic rings. The number of pyridine rings is 1. The fraction of sp³-hybridized carbons (Fsp3) is 0.208. The number of anilines is 1. The first-order chi connectivity index (χ1) is 16.1. The number of nitrogens with zero attached hydrogens (tertiary/aromatic N) is 6. The highest BCUT2D eigenvalue weighted by Crippen LogP contribution is 2.34. The van der Waals surface area contributed by atoms with Gasteiger partial charge in [-0.15, -0.1) is 0 Å². The number of carbonyl (C=O) groups excluding carboxylic acids is 1. The molecule has 0 aliphatic carbocycles. The molecule has 1 aliphatic heterocycles. The lowest BCUT2D eigenvalue weighted by atomic mass is 10.1. The van der Waals surface area contributed by atoms with E-state index < -0.39 is 0 Å². The van der Waals surface area contributed by atoms with Crippen molar-refractivity contribution in [2.24, 2.45) is 0 Å². The minimum Gasteiger partial charge on any atom is -0.439 e. The summed E-state index contributed by atoms with van der Waals surface area (Å²) in [5, 5.41) is 5.50. The fourth-order valence-corrected chi connectivity index (χ4v) is 3.95. The molecule has 1 saturated heterocycles. The van der Waals surface area contributed by atoms with Crippen molar-refractivity contribution in [3.63, 3.8) is 0 Å². The SMILES string of the molecule is CC#CC(=O)N1CC[C@H](n2nc(-c3ccc(Oc4ccccc4)nc3)c3c(N)ncnc32)C1. The number of hydrogen-bond acceptors (Lipinski definition) is 7. The van der Waals surface area contributed by atoms with Crippen molar-refractivity contribution in [3.8, 4) is 34.7 Å². The Labute approximate surface area is 190 Å². The van der Waals surface area contributed by atoms with E-state index in [0.29, 0.717) is 47.3 Å². The molecule has 3 aromatic heterocycles. The Morgan fingerprint density at radius 2 is 2.00 bits per heavy atom. The van der Waals surface area contributed by atoms with Crippen LogP contribution in [0.1, 0.15) is 19.4 Å². The molecule has 1 amide bonds. The van der Waals surface area contributed by atoms with Crippen LogP contribution in [0.2, 0.25) is 0 Å². The number of rotatable bonds is 4. The van der Waals surface area contributed by atoms with Gasteiger partial charge in [0.05, 0.1) is 11.4 Å². The molecule has 0 unspecified atom stereocenters. The second-order valence-electron chi connectivity index (χ2n) is 7.62. The maximum atomic E-state index is 12.2. The Hall–Kier alpha value is -4.45. The predicted molar refractivity (Wildman–Crippen MR) is 123 cm³/mol. The van der Waals surface area contributed by atoms with E-state index in [1.54, 1.807) is 24.1 Å². The molecule has 0 saturated carbocycles. The van der Waals surface area contributed by atoms with Gasteiger partial charge in [0.25, 0.3) is 5.91 Å². The van der Waals surface area contributed by atoms with Crippen LogP contribution in [0.3, 0.4) is 0 Å². The van der Waals surface area contributed by atoms with Crippen LogP contribution in [0.4, 0.5) is 5.82 Å². The normalized spacial score (nSPS) is 15.3. The average Bonchev–Trinajstić information content (AvgIpc) is 3.47. The van der Waals surface area contributed by atoms with Crippen molar-refractivity contribution in [1.29, 1.82) is 0 Å². The van der Waals surface area contributed by atoms with Crippen molar-refractivity contribution in [2.45, 2.75) is 19.4 Å². The molecule has 164 valence electrons. The average molecular weight is 439 g/mol. The zero-order valence-corrected chi connectivity index (χ0v) is 18.0. The number of amides is 1. The zero-order valence-electron chi connectivity index (χ0n) is 18.0. The molecule has 0 bridgehead atoms. The van der Waals surface area contributed by atoms with Crippen LogP contribution in [-0.2, 0) is 4.79 Å². The van der Waals surface area contributed by atoms with Crippen LogP contribution in [0.15, 0.2) is 55.0 Å². The summed E-state index contributed by atoms with van der Waals surface area (Å²) in [4.78, 5) is 27.0. The number of nitrogens with two attached hydrogens (primary N) is 1. The highest BCUT2D eigenvalue weighted by Gasteiger charge is 2.30. The third-order valence-corrected chi connectivity index (χ3v) is 5.52. The van der Waals surface area contributed by atoms with E-state index in [9.17, 15) is 4.79 Å². The Bertz CT molecular complexity index is 1370. The molecular weight excluding hydrogens is 418 g/mol. The summed E-state index contributed by atoms with van der Waals surface area (Å²) in [7, 11) is 0. The van der Waals surface area contributed by atoms with E-state index in [1.807, 2.05) is 41.1 Å². The fourth-order valence-electron chi connectivity index (χ4n) is 3.95. The van der Waals surface area contributed by atoms with E-state index in [2.05, 4.69) is 26.8 Å². The third-order valence-electron chi connectivity index (χ3n) is 5.52. The van der Waals surface area contributed by atoms with Gasteiger partial charge in [0, 0.05) is 30.9 Å². The lowest BCUT2D eigenvalue weighted by Crippen LogP contribution is -2.28. The van der Waals surface area contributed by atoms with Crippen LogP contribution in [0.25, 0.3) is 22.3 Å². The third kappa shape index (κ3) is 3.94. The van der Waals surface area contributed by atoms with Crippen molar-refractivity contribution in [3.05, 3.63) is 55.0 Å². The molecule has 1 fully saturated rings. The Kier molecular flexibility index (Phi) is 5.32. The van der Waals surface area contributed by atoms with Gasteiger partial charge in [-0.2, -0.15) is 5.10 Å². The van der Waals surface area contributed by atoms with Crippen molar-refractivity contribution in [1.82, 2.24) is 29.6 Å². The molecule has 9 nitrogen and oxygen atoms in total. The molecule has 33 heavy (non-hydrogen) atoms. The molecule has 5 rings (SSSR count). The number of nitrogen functional groups attached to an aromatic ring is 1. The van der Waals surface area contributed by atoms with Gasteiger partial charge in [0.2, 0.25) is 5.88 Å². The Balaban J connectivity index is 1.48. The van der Waals surface area contributed by atoms with Gasteiger partial charge in [0.15, 0.2) is 5.65 Å². The number of benzene rings is 1. The highest BCUT2D eigenvalue weighted by molar-refractivity contribution is 5.98. The van der Waals surface area contributed by atoms with Gasteiger partial charge >= 0.3 is 0 Å². The number of carbonyl (C=O) groups is 1. The summed E-state index contributed by atoms with van der Waals surface area (Å²) in [6.45, 7) is 2.78. The lowest BCUT2D eigenvalue weighted by molar-refractivity contribution is -0.124. The van der Waals surface area contributed by atoms with Gasteiger partial charge in [-0.25, -0.2) is 19.6 Å². The first kappa shape index (κ1) is 20.5. The van der Waals surface area contributed by atoms with Gasteiger partial charge < -0.3 is 15.4 Å². The van der Waals surface area contributed by atoms with E-state index in [-0.39, 0.29) is 11.9 Å². The number of ether oxygens (including phenoxy) is 1. The molecule has 2 N–H and O–H groups in total. The van der Waals surface area contributed by atoms with Crippen molar-refractivity contribution < 1.29 is 9.53 Å². The number of para-hydroxylation sites is 1. The molecule has 1 atom stereocenters. The summed E-state index contributed by atoms with van der Waals surface area (Å²) in [6, 6.07) is 13.1. The van der Waals surface area contributed by atoms with E-state index >= 15 is 0 Å². The smallest absolute Gasteiger partial charge is 0.298 e. The monoisotopic (exact) mass is 439 g/mol. The van der Waals surface area contributed by atoms with Crippen LogP contribution in [0.5, 0.6) is 11.6 Å². The maximum Gasteiger partial charge on any atom is 0.298 e. The zero-order chi connectivity index (χ0) is 22.8. The Morgan fingerprint density at radius 1 is 1.15 bits per heavy atom. The van der Waals surface area contributed by atoms with Crippen molar-refractivity contribution >= 4 is 22.8 Å². The van der Waals surface area contributed by atoms with Gasteiger partial charge in [-0.3, -0.25) is 4.79 Å². The number of hydrogen-bond donors (Lipinski definition) is 1. The van der Waals surface area contributed by atoms with Crippen molar-refractivity contribution in [2.75, 3.05) is 18.8 Å². The van der Waals surface area contributed by atoms with E-state index in [1.165, 1.54) is 6.33 Å². The predicted octanol–water partition coefficient (Wildman–Crippen LogP) is 3.06. The maximum absolute atomic E-state index is 12.2. The first-order valence-electron chi connectivity index (χ1n) is 10.5. The second kappa shape index (κ2) is 8.59. The lowest BCUT2D eigenvalue weighted by Gasteiger charge is -2.14. The second-order valence-corrected chi connectivity index (χ2v) is 7.62. The number of likely N-dealkylation sites (tertiary alicyclic amines) is 1. The molecule has 0 radical (unpaired) electrons. The van der Waals surface area contributed by atoms with Gasteiger partial charge in [-0.1, -0.05) is 24.1 Å². The quantitative estimate of drug-likeness (QED) is 0.486. The molecule has 9 heteroatoms. The molecule has 0 spiro atoms. The van der Waals surface area contributed by atoms with Gasteiger partial charge in [-0.05, 0) is 37.5 Å². The van der Waals surface area contributed by atoms with Crippen LogP contribution >= 0.6 is 0 Å². The number of aromatic nitrogens is 5. The summed E-state index contributed by atoms with van der Waals surface area (Å²) < 4.78 is 7.62. The van der Waals surface area contributed by atoms with Crippen LogP contribution in [-0.4, -0.2) is 48.6 Å².